The van der Waals surface area contributed by atoms with E-state index in [-0.39, 0.29) is 34.0 Å². The number of hydrazine groups is 2. The first-order valence-corrected chi connectivity index (χ1v) is 9.70. The molecule has 0 atom stereocenters. The van der Waals surface area contributed by atoms with Gasteiger partial charge in [0.1, 0.15) is 0 Å². The molecule has 3 heterocycles. The highest BCUT2D eigenvalue weighted by Gasteiger charge is 2.28. The van der Waals surface area contributed by atoms with E-state index >= 15 is 0 Å². The molecular formula is C19H21Br2N9S. The molecule has 12 heteroatoms. The highest BCUT2D eigenvalue weighted by molar-refractivity contribution is 8.93. The molecule has 0 aliphatic carbocycles. The fourth-order valence-corrected chi connectivity index (χ4v) is 3.42. The summed E-state index contributed by atoms with van der Waals surface area (Å²) in [5.41, 5.74) is 6.44. The molecule has 0 saturated heterocycles. The molecule has 2 N–H and O–H groups in total. The number of thiazole rings is 1. The lowest BCUT2D eigenvalue weighted by Gasteiger charge is -2.25. The molecule has 31 heavy (non-hydrogen) atoms. The Morgan fingerprint density at radius 1 is 0.903 bits per heavy atom. The van der Waals surface area contributed by atoms with Crippen LogP contribution in [0.2, 0.25) is 0 Å². The Bertz CT molecular complexity index is 1040. The molecule has 2 aromatic carbocycles. The maximum Gasteiger partial charge on any atom is 0.230 e. The fraction of sp³-hybridized carbons (Fsp3) is 0.105. The largest absolute Gasteiger partial charge is 0.259 e. The highest BCUT2D eigenvalue weighted by atomic mass is 79.9. The third-order valence-corrected chi connectivity index (χ3v) is 5.14. The molecule has 4 aromatic rings. The van der Waals surface area contributed by atoms with Gasteiger partial charge < -0.3 is 0 Å². The van der Waals surface area contributed by atoms with Crippen LogP contribution in [0.3, 0.4) is 0 Å². The second-order valence-corrected chi connectivity index (χ2v) is 7.24. The van der Waals surface area contributed by atoms with Crippen molar-refractivity contribution >= 4 is 62.0 Å². The van der Waals surface area contributed by atoms with Gasteiger partial charge in [-0.25, -0.2) is 4.98 Å². The minimum atomic E-state index is 0. The fourth-order valence-electron chi connectivity index (χ4n) is 2.57. The Balaban J connectivity index is 0.000000432. The van der Waals surface area contributed by atoms with Crippen molar-refractivity contribution in [3.8, 4) is 0 Å². The van der Waals surface area contributed by atoms with Crippen LogP contribution in [0.25, 0.3) is 0 Å². The number of para-hydroxylation sites is 1. The number of benzene rings is 2. The van der Waals surface area contributed by atoms with Crippen molar-refractivity contribution < 1.29 is 0 Å². The number of hydrogen-bond acceptors (Lipinski definition) is 9. The van der Waals surface area contributed by atoms with Crippen molar-refractivity contribution in [2.24, 2.45) is 5.10 Å². The van der Waals surface area contributed by atoms with Crippen LogP contribution in [-0.4, -0.2) is 31.4 Å². The molecule has 162 valence electrons. The van der Waals surface area contributed by atoms with Crippen LogP contribution in [-0.2, 0) is 0 Å². The third-order valence-electron chi connectivity index (χ3n) is 4.10. The number of anilines is 2. The Morgan fingerprint density at radius 2 is 1.58 bits per heavy atom. The molecule has 0 bridgehead atoms. The molecule has 2 aromatic heterocycles. The summed E-state index contributed by atoms with van der Waals surface area (Å²) in [6.07, 6.45) is 1.33. The minimum Gasteiger partial charge on any atom is -0.259 e. The molecule has 0 unspecified atom stereocenters. The number of aromatic amines is 1. The van der Waals surface area contributed by atoms with Crippen molar-refractivity contribution in [1.82, 2.24) is 31.0 Å². The summed E-state index contributed by atoms with van der Waals surface area (Å²) < 4.78 is 0. The summed E-state index contributed by atoms with van der Waals surface area (Å²) in [4.78, 5) is 5.85. The van der Waals surface area contributed by atoms with Gasteiger partial charge in [-0.1, -0.05) is 65.1 Å². The lowest BCUT2D eigenvalue weighted by Crippen LogP contribution is -2.44. The number of hydrogen-bond donors (Lipinski definition) is 2. The van der Waals surface area contributed by atoms with Crippen LogP contribution in [0.1, 0.15) is 16.1 Å². The van der Waals surface area contributed by atoms with Crippen molar-refractivity contribution in [1.29, 1.82) is 0 Å². The first-order chi connectivity index (χ1) is 14.2. The zero-order valence-electron chi connectivity index (χ0n) is 16.7. The van der Waals surface area contributed by atoms with Crippen molar-refractivity contribution in [2.45, 2.75) is 13.8 Å². The average molecular weight is 567 g/mol. The summed E-state index contributed by atoms with van der Waals surface area (Å²) >= 11 is 1.63. The summed E-state index contributed by atoms with van der Waals surface area (Å²) in [5.74, 6) is 0.796. The normalized spacial score (nSPS) is 12.0. The van der Waals surface area contributed by atoms with Gasteiger partial charge in [0, 0.05) is 10.4 Å². The molecule has 9 nitrogen and oxygen atoms in total. The average Bonchev–Trinajstić information content (AvgIpc) is 3.52. The molecular weight excluding hydrogens is 546 g/mol. The number of hydrazone groups is 1. The van der Waals surface area contributed by atoms with E-state index in [1.807, 2.05) is 77.8 Å². The molecule has 0 fully saturated rings. The van der Waals surface area contributed by atoms with E-state index in [1.165, 1.54) is 11.2 Å². The number of nitrogens with zero attached hydrogens (tertiary/aromatic N) is 7. The van der Waals surface area contributed by atoms with Crippen molar-refractivity contribution in [3.63, 3.8) is 0 Å². The predicted molar refractivity (Wildman–Crippen MR) is 134 cm³/mol. The van der Waals surface area contributed by atoms with Gasteiger partial charge in [-0.15, -0.1) is 54.4 Å². The van der Waals surface area contributed by atoms with Crippen molar-refractivity contribution in [2.75, 3.05) is 10.2 Å². The van der Waals surface area contributed by atoms with Crippen molar-refractivity contribution in [3.05, 3.63) is 83.1 Å². The lowest BCUT2D eigenvalue weighted by molar-refractivity contribution is 0.766. The Morgan fingerprint density at radius 3 is 2.10 bits per heavy atom. The molecule has 1 aliphatic heterocycles. The van der Waals surface area contributed by atoms with E-state index < -0.39 is 0 Å². The van der Waals surface area contributed by atoms with Gasteiger partial charge in [-0.05, 0) is 26.0 Å². The number of halogens is 2. The number of aryl methyl sites for hydroxylation is 2. The second kappa shape index (κ2) is 11.5. The monoisotopic (exact) mass is 565 g/mol. The van der Waals surface area contributed by atoms with Gasteiger partial charge in [0.2, 0.25) is 5.13 Å². The molecule has 0 amide bonds. The van der Waals surface area contributed by atoms with E-state index in [9.17, 15) is 0 Å². The Labute approximate surface area is 204 Å². The molecule has 0 saturated carbocycles. The first-order valence-electron chi connectivity index (χ1n) is 8.88. The summed E-state index contributed by atoms with van der Waals surface area (Å²) in [6.45, 7) is 4.10. The van der Waals surface area contributed by atoms with E-state index in [0.717, 1.165) is 27.9 Å². The van der Waals surface area contributed by atoms with E-state index in [2.05, 4.69) is 38.0 Å². The van der Waals surface area contributed by atoms with Crippen LogP contribution >= 0.6 is 45.3 Å². The van der Waals surface area contributed by atoms with Crippen LogP contribution in [0.15, 0.2) is 72.1 Å². The molecule has 1 aliphatic rings. The standard InChI is InChI=1S/C18H17N5S.CH2N4.2BrH/c1-13-14(2)24-18(19-13)23-21-17(15-9-5-3-6-10-15)20-22(23)16-11-7-4-8-12-16;1-2-4-5-3-1;;/h3-12H,1-2H3,(H,20,21);1H,(H,2,3,4,5);2*1H. The lowest BCUT2D eigenvalue weighted by atomic mass is 10.2. The van der Waals surface area contributed by atoms with Gasteiger partial charge >= 0.3 is 0 Å². The zero-order valence-corrected chi connectivity index (χ0v) is 20.9. The maximum absolute atomic E-state index is 4.75. The Kier molecular flexibility index (Phi) is 9.09. The van der Waals surface area contributed by atoms with Gasteiger partial charge in [-0.2, -0.15) is 10.3 Å². The molecule has 0 radical (unpaired) electrons. The number of tetrazole rings is 1. The number of aromatic nitrogens is 5. The van der Waals surface area contributed by atoms with E-state index in [0.29, 0.717) is 0 Å². The summed E-state index contributed by atoms with van der Waals surface area (Å²) in [5, 5.41) is 21.5. The quantitative estimate of drug-likeness (QED) is 0.383. The van der Waals surface area contributed by atoms with Crippen LogP contribution < -0.4 is 15.7 Å². The van der Waals surface area contributed by atoms with Gasteiger partial charge in [0.25, 0.3) is 0 Å². The van der Waals surface area contributed by atoms with E-state index in [1.54, 1.807) is 11.3 Å². The molecule has 0 spiro atoms. The SMILES string of the molecule is Br.Br.Cc1nc(N2N=C(c3ccccc3)NN2c2ccccc2)sc1C.c1nn[nH]n1. The minimum absolute atomic E-state index is 0. The second-order valence-electron chi connectivity index (χ2n) is 6.06. The smallest absolute Gasteiger partial charge is 0.230 e. The topological polar surface area (TPSA) is 98.2 Å². The van der Waals surface area contributed by atoms with Gasteiger partial charge in [0.05, 0.1) is 11.4 Å². The number of amidine groups is 1. The summed E-state index contributed by atoms with van der Waals surface area (Å²) in [7, 11) is 0. The number of H-pyrrole nitrogens is 1. The zero-order chi connectivity index (χ0) is 20.1. The Hall–Kier alpha value is -2.83. The third kappa shape index (κ3) is 5.87. The highest BCUT2D eigenvalue weighted by Crippen LogP contribution is 2.30. The number of rotatable bonds is 3. The van der Waals surface area contributed by atoms with E-state index in [4.69, 9.17) is 5.10 Å². The molecule has 5 rings (SSSR count). The van der Waals surface area contributed by atoms with Crippen LogP contribution in [0.4, 0.5) is 10.8 Å². The summed E-state index contributed by atoms with van der Waals surface area (Å²) in [6, 6.07) is 20.2. The number of nitrogens with one attached hydrogen (secondary N) is 2. The van der Waals surface area contributed by atoms with Crippen LogP contribution in [0, 0.1) is 13.8 Å². The maximum atomic E-state index is 4.75. The van der Waals surface area contributed by atoms with Crippen LogP contribution in [0.5, 0.6) is 0 Å². The first kappa shape index (κ1) is 24.4. The predicted octanol–water partition coefficient (Wildman–Crippen LogP) is 4.22. The van der Waals surface area contributed by atoms with Gasteiger partial charge in [0.15, 0.2) is 12.2 Å². The van der Waals surface area contributed by atoms with Gasteiger partial charge in [-0.3, -0.25) is 5.43 Å².